The quantitative estimate of drug-likeness (QED) is 0.592. The van der Waals surface area contributed by atoms with Crippen LogP contribution < -0.4 is 5.56 Å². The molecule has 132 valence electrons. The van der Waals surface area contributed by atoms with Gasteiger partial charge in [0.05, 0.1) is 10.6 Å². The summed E-state index contributed by atoms with van der Waals surface area (Å²) in [7, 11) is 0. The van der Waals surface area contributed by atoms with Crippen LogP contribution in [0.1, 0.15) is 31.8 Å². The Hall–Kier alpha value is -1.22. The monoisotopic (exact) mass is 409 g/mol. The summed E-state index contributed by atoms with van der Waals surface area (Å²) in [6, 6.07) is 4.02. The molecule has 0 aliphatic heterocycles. The molecule has 0 fully saturated rings. The zero-order chi connectivity index (χ0) is 18.0. The van der Waals surface area contributed by atoms with Crippen LogP contribution in [0.3, 0.4) is 0 Å². The van der Waals surface area contributed by atoms with E-state index < -0.39 is 0 Å². The molecule has 0 spiro atoms. The van der Waals surface area contributed by atoms with Crippen LogP contribution >= 0.6 is 46.7 Å². The van der Waals surface area contributed by atoms with E-state index in [1.807, 2.05) is 29.8 Å². The molecule has 1 N–H and O–H groups in total. The molecule has 25 heavy (non-hydrogen) atoms. The van der Waals surface area contributed by atoms with Crippen LogP contribution in [0, 0.1) is 0 Å². The van der Waals surface area contributed by atoms with Crippen molar-refractivity contribution in [1.29, 1.82) is 0 Å². The average Bonchev–Trinajstić information content (AvgIpc) is 3.24. The van der Waals surface area contributed by atoms with E-state index in [-0.39, 0.29) is 10.8 Å². The van der Waals surface area contributed by atoms with Gasteiger partial charge < -0.3 is 9.88 Å². The second kappa shape index (κ2) is 7.99. The Morgan fingerprint density at radius 2 is 2.16 bits per heavy atom. The molecule has 3 rings (SSSR count). The maximum atomic E-state index is 12.7. The number of nitrogens with one attached hydrogen (secondary N) is 1. The fourth-order valence-corrected chi connectivity index (χ4v) is 5.93. The van der Waals surface area contributed by atoms with Crippen molar-refractivity contribution in [2.45, 2.75) is 26.0 Å². The molecule has 0 saturated heterocycles. The summed E-state index contributed by atoms with van der Waals surface area (Å²) in [4.78, 5) is 24.3. The molecule has 1 unspecified atom stereocenters. The van der Waals surface area contributed by atoms with Crippen LogP contribution in [0.2, 0.25) is 0 Å². The van der Waals surface area contributed by atoms with Crippen molar-refractivity contribution in [1.82, 2.24) is 14.9 Å². The van der Waals surface area contributed by atoms with Gasteiger partial charge in [-0.15, -0.1) is 22.7 Å². The van der Waals surface area contributed by atoms with Gasteiger partial charge in [-0.05, 0) is 32.2 Å². The summed E-state index contributed by atoms with van der Waals surface area (Å²) in [5.74, 6) is 0.677. The predicted octanol–water partition coefficient (Wildman–Crippen LogP) is 5.13. The Kier molecular flexibility index (Phi) is 5.93. The second-order valence-corrected chi connectivity index (χ2v) is 9.24. The van der Waals surface area contributed by atoms with Crippen molar-refractivity contribution in [2.75, 3.05) is 13.1 Å². The van der Waals surface area contributed by atoms with Crippen molar-refractivity contribution < 1.29 is 0 Å². The maximum absolute atomic E-state index is 12.7. The lowest BCUT2D eigenvalue weighted by atomic mass is 10.2. The van der Waals surface area contributed by atoms with Crippen molar-refractivity contribution in [3.05, 3.63) is 39.1 Å². The van der Waals surface area contributed by atoms with Crippen molar-refractivity contribution in [3.63, 3.8) is 0 Å². The number of hydrogen-bond donors (Lipinski definition) is 1. The maximum Gasteiger partial charge on any atom is 0.260 e. The molecule has 0 aromatic carbocycles. The number of thioether (sulfide) groups is 1. The molecule has 3 aromatic rings. The molecule has 3 heterocycles. The van der Waals surface area contributed by atoms with E-state index >= 15 is 0 Å². The molecule has 3 aromatic heterocycles. The number of aromatic amines is 1. The summed E-state index contributed by atoms with van der Waals surface area (Å²) in [5.41, 5.74) is 0.889. The van der Waals surface area contributed by atoms with Crippen molar-refractivity contribution >= 4 is 61.2 Å². The molecule has 0 amide bonds. The minimum Gasteiger partial charge on any atom is -0.358 e. The van der Waals surface area contributed by atoms with Gasteiger partial charge in [-0.2, -0.15) is 0 Å². The zero-order valence-electron chi connectivity index (χ0n) is 14.2. The van der Waals surface area contributed by atoms with Crippen molar-refractivity contribution in [3.8, 4) is 10.4 Å². The average molecular weight is 410 g/mol. The Bertz CT molecular complexity index is 925. The number of thiophene rings is 2. The Balaban J connectivity index is 1.91. The molecular weight excluding hydrogens is 390 g/mol. The third-order valence-corrected chi connectivity index (χ3v) is 7.29. The van der Waals surface area contributed by atoms with Gasteiger partial charge in [0.1, 0.15) is 15.0 Å². The molecule has 8 heteroatoms. The SMILES string of the molecule is CCN(CC)C(=S)SC(C)c1nc2scc(-c3cccs3)c2c(=O)[nH]1. The third-order valence-electron chi connectivity index (χ3n) is 3.93. The van der Waals surface area contributed by atoms with Crippen LogP contribution in [0.15, 0.2) is 27.7 Å². The first kappa shape index (κ1) is 18.6. The summed E-state index contributed by atoms with van der Waals surface area (Å²) >= 11 is 10.2. The van der Waals surface area contributed by atoms with Crippen molar-refractivity contribution in [2.24, 2.45) is 0 Å². The topological polar surface area (TPSA) is 49.0 Å². The highest BCUT2D eigenvalue weighted by Crippen LogP contribution is 2.35. The van der Waals surface area contributed by atoms with Crippen LogP contribution in [0.4, 0.5) is 0 Å². The van der Waals surface area contributed by atoms with Gasteiger partial charge in [-0.25, -0.2) is 4.98 Å². The van der Waals surface area contributed by atoms with Crippen LogP contribution in [0.5, 0.6) is 0 Å². The molecule has 1 atom stereocenters. The summed E-state index contributed by atoms with van der Waals surface area (Å²) in [6.07, 6.45) is 0. The molecule has 0 saturated carbocycles. The van der Waals surface area contributed by atoms with E-state index in [1.54, 1.807) is 23.1 Å². The lowest BCUT2D eigenvalue weighted by Gasteiger charge is -2.22. The van der Waals surface area contributed by atoms with Gasteiger partial charge in [0.2, 0.25) is 0 Å². The Morgan fingerprint density at radius 3 is 2.80 bits per heavy atom. The summed E-state index contributed by atoms with van der Waals surface area (Å²) in [5, 5.41) is 4.71. The molecular formula is C17H19N3OS4. The van der Waals surface area contributed by atoms with E-state index in [1.165, 1.54) is 11.3 Å². The van der Waals surface area contributed by atoms with Gasteiger partial charge >= 0.3 is 0 Å². The highest BCUT2D eigenvalue weighted by atomic mass is 32.2. The molecule has 0 aliphatic rings. The molecule has 4 nitrogen and oxygen atoms in total. The fourth-order valence-electron chi connectivity index (χ4n) is 2.53. The number of H-pyrrole nitrogens is 1. The first-order valence-corrected chi connectivity index (χ1v) is 11.1. The number of rotatable bonds is 5. The molecule has 0 bridgehead atoms. The summed E-state index contributed by atoms with van der Waals surface area (Å²) in [6.45, 7) is 7.97. The second-order valence-electron chi connectivity index (χ2n) is 5.46. The molecule has 0 radical (unpaired) electrons. The predicted molar refractivity (Wildman–Crippen MR) is 115 cm³/mol. The van der Waals surface area contributed by atoms with Crippen LogP contribution in [-0.2, 0) is 0 Å². The number of fused-ring (bicyclic) bond motifs is 1. The standard InChI is InChI=1S/C17H19N3OS4/c1-4-20(5-2)17(22)25-10(3)14-18-15(21)13-11(9-24-16(13)19-14)12-7-6-8-23-12/h6-10H,4-5H2,1-3H3,(H,18,19,21). The van der Waals surface area contributed by atoms with E-state index in [4.69, 9.17) is 17.2 Å². The lowest BCUT2D eigenvalue weighted by molar-refractivity contribution is 0.482. The number of aromatic nitrogens is 2. The Labute approximate surface area is 164 Å². The van der Waals surface area contributed by atoms with Crippen LogP contribution in [0.25, 0.3) is 20.7 Å². The highest BCUT2D eigenvalue weighted by molar-refractivity contribution is 8.23. The normalized spacial score (nSPS) is 12.4. The fraction of sp³-hybridized carbons (Fsp3) is 0.353. The van der Waals surface area contributed by atoms with E-state index in [0.29, 0.717) is 11.2 Å². The zero-order valence-corrected chi connectivity index (χ0v) is 17.5. The molecule has 0 aliphatic carbocycles. The van der Waals surface area contributed by atoms with Gasteiger partial charge in [0, 0.05) is 28.9 Å². The van der Waals surface area contributed by atoms with E-state index in [9.17, 15) is 4.79 Å². The number of hydrogen-bond acceptors (Lipinski definition) is 6. The first-order chi connectivity index (χ1) is 12.0. The lowest BCUT2D eigenvalue weighted by Crippen LogP contribution is -2.27. The van der Waals surface area contributed by atoms with E-state index in [0.717, 1.165) is 32.7 Å². The summed E-state index contributed by atoms with van der Waals surface area (Å²) < 4.78 is 0.839. The number of thiocarbonyl (C=S) groups is 1. The Morgan fingerprint density at radius 1 is 1.40 bits per heavy atom. The number of nitrogens with zero attached hydrogens (tertiary/aromatic N) is 2. The third kappa shape index (κ3) is 3.81. The first-order valence-electron chi connectivity index (χ1n) is 8.06. The highest BCUT2D eigenvalue weighted by Gasteiger charge is 2.19. The smallest absolute Gasteiger partial charge is 0.260 e. The van der Waals surface area contributed by atoms with Gasteiger partial charge in [0.25, 0.3) is 5.56 Å². The van der Waals surface area contributed by atoms with Gasteiger partial charge in [-0.1, -0.05) is 30.0 Å². The largest absolute Gasteiger partial charge is 0.358 e. The minimum atomic E-state index is -0.0779. The minimum absolute atomic E-state index is 0.00233. The van der Waals surface area contributed by atoms with E-state index in [2.05, 4.69) is 23.7 Å². The van der Waals surface area contributed by atoms with Crippen LogP contribution in [-0.4, -0.2) is 32.3 Å². The van der Waals surface area contributed by atoms with Gasteiger partial charge in [0.15, 0.2) is 0 Å². The van der Waals surface area contributed by atoms with Gasteiger partial charge in [-0.3, -0.25) is 4.79 Å².